The zero-order chi connectivity index (χ0) is 16.2. The molecule has 5 nitrogen and oxygen atoms in total. The lowest BCUT2D eigenvalue weighted by Crippen LogP contribution is -2.04. The summed E-state index contributed by atoms with van der Waals surface area (Å²) >= 11 is 1.55. The molecule has 0 saturated heterocycles. The molecule has 0 aliphatic rings. The average molecular weight is 327 g/mol. The summed E-state index contributed by atoms with van der Waals surface area (Å²) in [6, 6.07) is 9.88. The first-order valence-electron chi connectivity index (χ1n) is 7.39. The van der Waals surface area contributed by atoms with Crippen LogP contribution in [0.25, 0.3) is 16.2 Å². The number of benzene rings is 1. The van der Waals surface area contributed by atoms with E-state index in [2.05, 4.69) is 10.1 Å². The molecule has 23 heavy (non-hydrogen) atoms. The molecule has 0 aliphatic carbocycles. The van der Waals surface area contributed by atoms with Crippen LogP contribution in [0.1, 0.15) is 26.0 Å². The molecule has 0 aliphatic heterocycles. The number of thiazole rings is 1. The molecule has 118 valence electrons. The third-order valence-corrected chi connectivity index (χ3v) is 4.01. The van der Waals surface area contributed by atoms with Gasteiger partial charge in [0.25, 0.3) is 0 Å². The zero-order valence-electron chi connectivity index (χ0n) is 13.0. The SMILES string of the molecule is CC(C)CC(=O)ON=Cc1c(-c2ccccc2)nc2sccn12. The molecule has 6 heteroatoms. The van der Waals surface area contributed by atoms with E-state index in [9.17, 15) is 4.79 Å². The minimum absolute atomic E-state index is 0.246. The summed E-state index contributed by atoms with van der Waals surface area (Å²) < 4.78 is 1.94. The molecule has 0 N–H and O–H groups in total. The minimum Gasteiger partial charge on any atom is -0.318 e. The molecule has 0 atom stereocenters. The van der Waals surface area contributed by atoms with Crippen LogP contribution in [0.2, 0.25) is 0 Å². The molecule has 0 unspecified atom stereocenters. The summed E-state index contributed by atoms with van der Waals surface area (Å²) in [5, 5.41) is 5.81. The topological polar surface area (TPSA) is 56.0 Å². The lowest BCUT2D eigenvalue weighted by Gasteiger charge is -2.01. The predicted molar refractivity (Wildman–Crippen MR) is 91.6 cm³/mol. The van der Waals surface area contributed by atoms with E-state index in [-0.39, 0.29) is 11.9 Å². The van der Waals surface area contributed by atoms with Gasteiger partial charge in [0.05, 0.1) is 24.0 Å². The van der Waals surface area contributed by atoms with Gasteiger partial charge in [0.15, 0.2) is 4.96 Å². The van der Waals surface area contributed by atoms with Crippen LogP contribution in [-0.4, -0.2) is 21.6 Å². The van der Waals surface area contributed by atoms with E-state index < -0.39 is 0 Å². The second-order valence-electron chi connectivity index (χ2n) is 5.56. The Morgan fingerprint density at radius 1 is 1.39 bits per heavy atom. The first kappa shape index (κ1) is 15.4. The molecule has 0 amide bonds. The third kappa shape index (κ3) is 3.48. The average Bonchev–Trinajstić information content (AvgIpc) is 3.09. The van der Waals surface area contributed by atoms with Crippen LogP contribution >= 0.6 is 11.3 Å². The van der Waals surface area contributed by atoms with Gasteiger partial charge in [0.1, 0.15) is 0 Å². The number of rotatable bonds is 5. The number of carbonyl (C=O) groups is 1. The zero-order valence-corrected chi connectivity index (χ0v) is 13.8. The first-order chi connectivity index (χ1) is 11.1. The predicted octanol–water partition coefficient (Wildman–Crippen LogP) is 3.99. The summed E-state index contributed by atoms with van der Waals surface area (Å²) in [6.07, 6.45) is 3.83. The van der Waals surface area contributed by atoms with Crippen LogP contribution in [0.3, 0.4) is 0 Å². The van der Waals surface area contributed by atoms with Crippen LogP contribution in [0.5, 0.6) is 0 Å². The van der Waals surface area contributed by atoms with E-state index in [1.165, 1.54) is 0 Å². The lowest BCUT2D eigenvalue weighted by molar-refractivity contribution is -0.144. The Morgan fingerprint density at radius 2 is 2.17 bits per heavy atom. The Balaban J connectivity index is 1.90. The van der Waals surface area contributed by atoms with Gasteiger partial charge in [-0.1, -0.05) is 49.3 Å². The van der Waals surface area contributed by atoms with Gasteiger partial charge in [-0.05, 0) is 5.92 Å². The Bertz CT molecular complexity index is 834. The molecule has 0 fully saturated rings. The van der Waals surface area contributed by atoms with Crippen LogP contribution in [0.4, 0.5) is 0 Å². The summed E-state index contributed by atoms with van der Waals surface area (Å²) in [6.45, 7) is 3.93. The van der Waals surface area contributed by atoms with Crippen molar-refractivity contribution in [3.05, 3.63) is 47.6 Å². The molecular formula is C17H17N3O2S. The molecule has 3 aromatic rings. The van der Waals surface area contributed by atoms with E-state index in [4.69, 9.17) is 4.84 Å². The van der Waals surface area contributed by atoms with Crippen molar-refractivity contribution in [1.29, 1.82) is 0 Å². The molecule has 0 spiro atoms. The lowest BCUT2D eigenvalue weighted by atomic mass is 10.1. The fourth-order valence-electron chi connectivity index (χ4n) is 2.24. The van der Waals surface area contributed by atoms with E-state index in [1.807, 2.05) is 60.2 Å². The number of carbonyl (C=O) groups excluding carboxylic acids is 1. The summed E-state index contributed by atoms with van der Waals surface area (Å²) in [5.74, 6) is -0.0836. The Hall–Kier alpha value is -2.47. The van der Waals surface area contributed by atoms with Crippen molar-refractivity contribution in [3.8, 4) is 11.3 Å². The Labute approximate surface area is 138 Å². The number of nitrogens with zero attached hydrogens (tertiary/aromatic N) is 3. The van der Waals surface area contributed by atoms with E-state index >= 15 is 0 Å². The van der Waals surface area contributed by atoms with Gasteiger partial charge < -0.3 is 4.84 Å². The highest BCUT2D eigenvalue weighted by Gasteiger charge is 2.13. The number of fused-ring (bicyclic) bond motifs is 1. The van der Waals surface area contributed by atoms with Gasteiger partial charge in [0, 0.05) is 17.1 Å². The normalized spacial score (nSPS) is 11.6. The molecule has 2 aromatic heterocycles. The van der Waals surface area contributed by atoms with Crippen LogP contribution in [0, 0.1) is 5.92 Å². The van der Waals surface area contributed by atoms with Crippen LogP contribution in [0.15, 0.2) is 47.1 Å². The van der Waals surface area contributed by atoms with Crippen molar-refractivity contribution >= 4 is 28.5 Å². The molecule has 0 saturated carbocycles. The first-order valence-corrected chi connectivity index (χ1v) is 8.27. The molecule has 3 rings (SSSR count). The highest BCUT2D eigenvalue weighted by atomic mass is 32.1. The van der Waals surface area contributed by atoms with Crippen molar-refractivity contribution < 1.29 is 9.63 Å². The third-order valence-electron chi connectivity index (χ3n) is 3.25. The fraction of sp³-hybridized carbons (Fsp3) is 0.235. The van der Waals surface area contributed by atoms with Gasteiger partial charge in [-0.2, -0.15) is 0 Å². The van der Waals surface area contributed by atoms with Crippen LogP contribution < -0.4 is 0 Å². The minimum atomic E-state index is -0.330. The number of aromatic nitrogens is 2. The standard InChI is InChI=1S/C17H17N3O2S/c1-12(2)10-15(21)22-18-11-14-16(13-6-4-3-5-7-13)19-17-20(14)8-9-23-17/h3-9,11-12H,10H2,1-2H3. The number of hydrogen-bond donors (Lipinski definition) is 0. The maximum absolute atomic E-state index is 11.6. The number of oxime groups is 1. The van der Waals surface area contributed by atoms with Gasteiger partial charge in [0.2, 0.25) is 0 Å². The molecule has 1 aromatic carbocycles. The summed E-state index contributed by atoms with van der Waals surface area (Å²) in [5.41, 5.74) is 2.62. The van der Waals surface area contributed by atoms with Crippen molar-refractivity contribution in [1.82, 2.24) is 9.38 Å². The van der Waals surface area contributed by atoms with Crippen molar-refractivity contribution in [2.24, 2.45) is 11.1 Å². The van der Waals surface area contributed by atoms with Gasteiger partial charge >= 0.3 is 5.97 Å². The smallest absolute Gasteiger partial charge is 0.318 e. The highest BCUT2D eigenvalue weighted by Crippen LogP contribution is 2.25. The molecule has 2 heterocycles. The number of hydrogen-bond acceptors (Lipinski definition) is 5. The highest BCUT2D eigenvalue weighted by molar-refractivity contribution is 7.15. The van der Waals surface area contributed by atoms with Gasteiger partial charge in [-0.15, -0.1) is 11.3 Å². The Kier molecular flexibility index (Phi) is 4.52. The van der Waals surface area contributed by atoms with Crippen molar-refractivity contribution in [2.45, 2.75) is 20.3 Å². The van der Waals surface area contributed by atoms with Gasteiger partial charge in [-0.3, -0.25) is 4.40 Å². The number of imidazole rings is 1. The maximum Gasteiger partial charge on any atom is 0.335 e. The maximum atomic E-state index is 11.6. The van der Waals surface area contributed by atoms with E-state index in [0.717, 1.165) is 21.9 Å². The van der Waals surface area contributed by atoms with Crippen molar-refractivity contribution in [2.75, 3.05) is 0 Å². The fourth-order valence-corrected chi connectivity index (χ4v) is 2.96. The molecule has 0 bridgehead atoms. The van der Waals surface area contributed by atoms with E-state index in [0.29, 0.717) is 6.42 Å². The summed E-state index contributed by atoms with van der Waals surface area (Å²) in [4.78, 5) is 22.0. The van der Waals surface area contributed by atoms with Gasteiger partial charge in [-0.25, -0.2) is 9.78 Å². The van der Waals surface area contributed by atoms with E-state index in [1.54, 1.807) is 17.6 Å². The monoisotopic (exact) mass is 327 g/mol. The molecular weight excluding hydrogens is 310 g/mol. The van der Waals surface area contributed by atoms with Crippen molar-refractivity contribution in [3.63, 3.8) is 0 Å². The second-order valence-corrected chi connectivity index (χ2v) is 6.44. The molecule has 0 radical (unpaired) electrons. The van der Waals surface area contributed by atoms with Crippen LogP contribution in [-0.2, 0) is 9.63 Å². The largest absolute Gasteiger partial charge is 0.335 e. The second kappa shape index (κ2) is 6.75. The quantitative estimate of drug-likeness (QED) is 0.404. The summed E-state index contributed by atoms with van der Waals surface area (Å²) in [7, 11) is 0. The Morgan fingerprint density at radius 3 is 2.91 bits per heavy atom.